The summed E-state index contributed by atoms with van der Waals surface area (Å²) in [6, 6.07) is 0. The molecule has 0 aliphatic heterocycles. The number of aromatic nitrogens is 1. The number of aldehydes is 1. The van der Waals surface area contributed by atoms with Gasteiger partial charge in [0.05, 0.1) is 6.54 Å². The standard InChI is InChI=1S/C7H4N4OS/c8-11-9-3-1-2-7-10-6(4-12)5-13-7/h4-5H,3H2. The first-order valence-corrected chi connectivity index (χ1v) is 4.15. The zero-order chi connectivity index (χ0) is 9.52. The van der Waals surface area contributed by atoms with Crippen molar-refractivity contribution in [2.24, 2.45) is 5.11 Å². The van der Waals surface area contributed by atoms with Gasteiger partial charge >= 0.3 is 0 Å². The van der Waals surface area contributed by atoms with E-state index in [0.29, 0.717) is 17.0 Å². The molecule has 0 atom stereocenters. The van der Waals surface area contributed by atoms with Crippen molar-refractivity contribution in [2.45, 2.75) is 0 Å². The number of hydrogen-bond donors (Lipinski definition) is 0. The van der Waals surface area contributed by atoms with Gasteiger partial charge in [0, 0.05) is 10.3 Å². The van der Waals surface area contributed by atoms with Gasteiger partial charge in [0.15, 0.2) is 11.3 Å². The molecule has 0 bridgehead atoms. The summed E-state index contributed by atoms with van der Waals surface area (Å²) >= 11 is 1.28. The van der Waals surface area contributed by atoms with E-state index in [-0.39, 0.29) is 6.54 Å². The first-order valence-electron chi connectivity index (χ1n) is 3.27. The molecule has 0 fully saturated rings. The quantitative estimate of drug-likeness (QED) is 0.234. The minimum absolute atomic E-state index is 0.118. The minimum Gasteiger partial charge on any atom is -0.296 e. The van der Waals surface area contributed by atoms with Crippen LogP contribution in [0.1, 0.15) is 15.5 Å². The predicted octanol–water partition coefficient (Wildman–Crippen LogP) is 1.62. The average Bonchev–Trinajstić information content (AvgIpc) is 2.60. The Kier molecular flexibility index (Phi) is 3.51. The molecule has 1 rings (SSSR count). The fourth-order valence-corrected chi connectivity index (χ4v) is 1.21. The third-order valence-electron chi connectivity index (χ3n) is 1.05. The van der Waals surface area contributed by atoms with Gasteiger partial charge in [0.2, 0.25) is 0 Å². The van der Waals surface area contributed by atoms with E-state index >= 15 is 0 Å². The maximum absolute atomic E-state index is 10.2. The first-order chi connectivity index (χ1) is 6.36. The Labute approximate surface area is 78.0 Å². The molecular formula is C7H4N4OS. The molecule has 0 aromatic carbocycles. The summed E-state index contributed by atoms with van der Waals surface area (Å²) in [5, 5.41) is 5.39. The Morgan fingerprint density at radius 1 is 1.85 bits per heavy atom. The van der Waals surface area contributed by atoms with Crippen LogP contribution in [-0.4, -0.2) is 17.8 Å². The van der Waals surface area contributed by atoms with Crippen LogP contribution in [-0.2, 0) is 0 Å². The van der Waals surface area contributed by atoms with Crippen molar-refractivity contribution >= 4 is 17.6 Å². The molecule has 0 unspecified atom stereocenters. The van der Waals surface area contributed by atoms with Crippen molar-refractivity contribution in [2.75, 3.05) is 6.54 Å². The van der Waals surface area contributed by atoms with Crippen LogP contribution in [0.5, 0.6) is 0 Å². The van der Waals surface area contributed by atoms with Crippen molar-refractivity contribution in [1.29, 1.82) is 0 Å². The summed E-state index contributed by atoms with van der Waals surface area (Å²) in [5.74, 6) is 5.27. The molecule has 64 valence electrons. The van der Waals surface area contributed by atoms with Gasteiger partial charge in [-0.25, -0.2) is 4.98 Å². The summed E-state index contributed by atoms with van der Waals surface area (Å²) in [7, 11) is 0. The van der Waals surface area contributed by atoms with E-state index < -0.39 is 0 Å². The maximum Gasteiger partial charge on any atom is 0.169 e. The van der Waals surface area contributed by atoms with E-state index in [1.807, 2.05) is 0 Å². The van der Waals surface area contributed by atoms with Crippen LogP contribution in [0.4, 0.5) is 0 Å². The molecule has 5 nitrogen and oxygen atoms in total. The van der Waals surface area contributed by atoms with Crippen LogP contribution in [0, 0.1) is 11.8 Å². The zero-order valence-corrected chi connectivity index (χ0v) is 7.28. The lowest BCUT2D eigenvalue weighted by atomic mass is 10.5. The molecule has 0 N–H and O–H groups in total. The predicted molar refractivity (Wildman–Crippen MR) is 48.4 cm³/mol. The fraction of sp³-hybridized carbons (Fsp3) is 0.143. The van der Waals surface area contributed by atoms with Crippen molar-refractivity contribution in [3.8, 4) is 11.8 Å². The summed E-state index contributed by atoms with van der Waals surface area (Å²) in [6.45, 7) is 0.118. The Balaban J connectivity index is 2.66. The SMILES string of the molecule is [N-]=[N+]=NCC#Cc1nc(C=O)cs1. The van der Waals surface area contributed by atoms with Crippen LogP contribution in [0.2, 0.25) is 0 Å². The molecule has 6 heteroatoms. The number of nitrogens with zero attached hydrogens (tertiary/aromatic N) is 4. The average molecular weight is 192 g/mol. The highest BCUT2D eigenvalue weighted by atomic mass is 32.1. The molecule has 0 saturated carbocycles. The van der Waals surface area contributed by atoms with Crippen molar-refractivity contribution in [1.82, 2.24) is 4.98 Å². The highest BCUT2D eigenvalue weighted by Crippen LogP contribution is 2.05. The van der Waals surface area contributed by atoms with E-state index in [1.54, 1.807) is 5.38 Å². The number of carbonyl (C=O) groups is 1. The summed E-state index contributed by atoms with van der Waals surface area (Å²) < 4.78 is 0. The van der Waals surface area contributed by atoms with Crippen molar-refractivity contribution in [3.05, 3.63) is 26.5 Å². The highest BCUT2D eigenvalue weighted by Gasteiger charge is 1.95. The molecular weight excluding hydrogens is 188 g/mol. The Hall–Kier alpha value is -1.83. The number of thiazole rings is 1. The second kappa shape index (κ2) is 4.93. The number of hydrogen-bond acceptors (Lipinski definition) is 4. The summed E-state index contributed by atoms with van der Waals surface area (Å²) in [4.78, 5) is 16.6. The van der Waals surface area contributed by atoms with Crippen LogP contribution in [0.15, 0.2) is 10.5 Å². The first kappa shape index (κ1) is 9.26. The molecule has 0 radical (unpaired) electrons. The minimum atomic E-state index is 0.118. The van der Waals surface area contributed by atoms with Gasteiger partial charge in [0.1, 0.15) is 5.69 Å². The third kappa shape index (κ3) is 2.95. The van der Waals surface area contributed by atoms with Gasteiger partial charge in [-0.1, -0.05) is 11.0 Å². The lowest BCUT2D eigenvalue weighted by Crippen LogP contribution is -1.78. The van der Waals surface area contributed by atoms with Crippen LogP contribution in [0.25, 0.3) is 10.4 Å². The highest BCUT2D eigenvalue weighted by molar-refractivity contribution is 7.10. The van der Waals surface area contributed by atoms with Gasteiger partial charge in [-0.2, -0.15) is 0 Å². The molecule has 13 heavy (non-hydrogen) atoms. The second-order valence-corrected chi connectivity index (χ2v) is 2.74. The smallest absolute Gasteiger partial charge is 0.169 e. The van der Waals surface area contributed by atoms with Crippen molar-refractivity contribution in [3.63, 3.8) is 0 Å². The molecule has 1 heterocycles. The Bertz CT molecular complexity index is 408. The molecule has 0 aliphatic carbocycles. The largest absolute Gasteiger partial charge is 0.296 e. The second-order valence-electron chi connectivity index (χ2n) is 1.89. The Morgan fingerprint density at radius 2 is 2.69 bits per heavy atom. The molecule has 0 saturated heterocycles. The Morgan fingerprint density at radius 3 is 3.31 bits per heavy atom. The summed E-state index contributed by atoms with van der Waals surface area (Å²) in [6.07, 6.45) is 0.662. The van der Waals surface area contributed by atoms with Gasteiger partial charge in [0.25, 0.3) is 0 Å². The van der Waals surface area contributed by atoms with Crippen LogP contribution >= 0.6 is 11.3 Å². The molecule has 0 aliphatic rings. The van der Waals surface area contributed by atoms with E-state index in [2.05, 4.69) is 26.9 Å². The van der Waals surface area contributed by atoms with Gasteiger partial charge in [-0.05, 0) is 11.5 Å². The lowest BCUT2D eigenvalue weighted by molar-refractivity contribution is 0.111. The van der Waals surface area contributed by atoms with E-state index in [9.17, 15) is 4.79 Å². The number of azide groups is 1. The van der Waals surface area contributed by atoms with Crippen molar-refractivity contribution < 1.29 is 4.79 Å². The third-order valence-corrected chi connectivity index (χ3v) is 1.83. The topological polar surface area (TPSA) is 78.7 Å². The normalized spacial score (nSPS) is 8.00. The lowest BCUT2D eigenvalue weighted by Gasteiger charge is -1.74. The van der Waals surface area contributed by atoms with Crippen LogP contribution < -0.4 is 0 Å². The number of rotatable bonds is 2. The molecule has 1 aromatic rings. The molecule has 0 amide bonds. The fourth-order valence-electron chi connectivity index (χ4n) is 0.580. The van der Waals surface area contributed by atoms with Gasteiger partial charge < -0.3 is 0 Å². The maximum atomic E-state index is 10.2. The summed E-state index contributed by atoms with van der Waals surface area (Å²) in [5.41, 5.74) is 8.31. The number of carbonyl (C=O) groups excluding carboxylic acids is 1. The van der Waals surface area contributed by atoms with E-state index in [4.69, 9.17) is 5.53 Å². The molecule has 1 aromatic heterocycles. The van der Waals surface area contributed by atoms with Crippen LogP contribution in [0.3, 0.4) is 0 Å². The zero-order valence-electron chi connectivity index (χ0n) is 6.47. The molecule has 0 spiro atoms. The van der Waals surface area contributed by atoms with Gasteiger partial charge in [-0.15, -0.1) is 11.3 Å². The van der Waals surface area contributed by atoms with Gasteiger partial charge in [-0.3, -0.25) is 4.79 Å². The monoisotopic (exact) mass is 192 g/mol. The van der Waals surface area contributed by atoms with E-state index in [1.165, 1.54) is 11.3 Å². The van der Waals surface area contributed by atoms with E-state index in [0.717, 1.165) is 0 Å².